The fourth-order valence-corrected chi connectivity index (χ4v) is 4.81. The minimum Gasteiger partial charge on any atom is -0.472 e. The van der Waals surface area contributed by atoms with Crippen LogP contribution in [0.15, 0.2) is 11.8 Å². The molecule has 0 aromatic rings. The topological polar surface area (TPSA) is 188 Å². The molecule has 2 heterocycles. The van der Waals surface area contributed by atoms with Gasteiger partial charge in [0, 0.05) is 31.6 Å². The highest BCUT2D eigenvalue weighted by atomic mass is 16.8. The number of esters is 3. The van der Waals surface area contributed by atoms with E-state index in [0.29, 0.717) is 0 Å². The van der Waals surface area contributed by atoms with Gasteiger partial charge in [0.25, 0.3) is 0 Å². The van der Waals surface area contributed by atoms with Crippen LogP contribution in [0.1, 0.15) is 20.8 Å². The van der Waals surface area contributed by atoms with Crippen molar-refractivity contribution in [2.75, 3.05) is 13.7 Å². The summed E-state index contributed by atoms with van der Waals surface area (Å²) in [6, 6.07) is 0. The third-order valence-electron chi connectivity index (χ3n) is 6.36. The van der Waals surface area contributed by atoms with E-state index in [9.17, 15) is 34.8 Å². The Labute approximate surface area is 195 Å². The molecule has 4 N–H and O–H groups in total. The lowest BCUT2D eigenvalue weighted by Crippen LogP contribution is -2.60. The summed E-state index contributed by atoms with van der Waals surface area (Å²) in [5, 5.41) is 39.8. The van der Waals surface area contributed by atoms with Gasteiger partial charge >= 0.3 is 17.9 Å². The number of ether oxygens (including phenoxy) is 6. The molecule has 34 heavy (non-hydrogen) atoms. The van der Waals surface area contributed by atoms with E-state index >= 15 is 0 Å². The number of hydrogen-bond acceptors (Lipinski definition) is 13. The summed E-state index contributed by atoms with van der Waals surface area (Å²) < 4.78 is 32.5. The summed E-state index contributed by atoms with van der Waals surface area (Å²) in [6.07, 6.45) is -9.90. The number of aliphatic hydroxyl groups is 4. The van der Waals surface area contributed by atoms with Gasteiger partial charge in [0.15, 0.2) is 6.29 Å². The van der Waals surface area contributed by atoms with Crippen LogP contribution < -0.4 is 0 Å². The zero-order valence-corrected chi connectivity index (χ0v) is 19.1. The molecule has 0 aromatic heterocycles. The Morgan fingerprint density at radius 2 is 1.59 bits per heavy atom. The minimum atomic E-state index is -1.70. The van der Waals surface area contributed by atoms with Crippen LogP contribution in [0.25, 0.3) is 0 Å². The summed E-state index contributed by atoms with van der Waals surface area (Å²) >= 11 is 0. The van der Waals surface area contributed by atoms with Crippen LogP contribution in [-0.2, 0) is 42.8 Å². The number of methoxy groups -OCH3 is 1. The smallest absolute Gasteiger partial charge is 0.337 e. The van der Waals surface area contributed by atoms with Gasteiger partial charge in [0.1, 0.15) is 36.6 Å². The number of aliphatic hydroxyl groups excluding tert-OH is 4. The highest BCUT2D eigenvalue weighted by Gasteiger charge is 2.61. The molecule has 13 nitrogen and oxygen atoms in total. The van der Waals surface area contributed by atoms with Gasteiger partial charge in [-0.25, -0.2) is 4.79 Å². The molecule has 0 spiro atoms. The van der Waals surface area contributed by atoms with Gasteiger partial charge in [-0.2, -0.15) is 0 Å². The molecule has 1 saturated heterocycles. The highest BCUT2D eigenvalue weighted by Crippen LogP contribution is 2.50. The van der Waals surface area contributed by atoms with E-state index in [2.05, 4.69) is 0 Å². The van der Waals surface area contributed by atoms with Crippen molar-refractivity contribution >= 4 is 17.9 Å². The lowest BCUT2D eigenvalue weighted by atomic mass is 9.82. The minimum absolute atomic E-state index is 0.0221. The molecule has 0 radical (unpaired) electrons. The van der Waals surface area contributed by atoms with Gasteiger partial charge in [0.05, 0.1) is 25.6 Å². The molecule has 0 amide bonds. The van der Waals surface area contributed by atoms with Crippen molar-refractivity contribution < 1.29 is 63.2 Å². The average molecular weight is 490 g/mol. The van der Waals surface area contributed by atoms with Crippen LogP contribution >= 0.6 is 0 Å². The molecule has 0 aromatic carbocycles. The number of carbonyl (C=O) groups excluding carboxylic acids is 3. The van der Waals surface area contributed by atoms with Crippen molar-refractivity contribution in [2.45, 2.75) is 70.0 Å². The summed E-state index contributed by atoms with van der Waals surface area (Å²) in [4.78, 5) is 36.1. The van der Waals surface area contributed by atoms with Crippen molar-refractivity contribution in [2.24, 2.45) is 17.8 Å². The van der Waals surface area contributed by atoms with Crippen LogP contribution in [-0.4, -0.2) is 101 Å². The Balaban J connectivity index is 1.96. The maximum atomic E-state index is 12.5. The number of carbonyl (C=O) groups is 3. The van der Waals surface area contributed by atoms with Crippen molar-refractivity contribution in [3.05, 3.63) is 11.8 Å². The zero-order chi connectivity index (χ0) is 25.3. The van der Waals surface area contributed by atoms with Crippen LogP contribution in [0, 0.1) is 17.8 Å². The first kappa shape index (κ1) is 26.3. The molecule has 2 fully saturated rings. The molecule has 3 rings (SSSR count). The third kappa shape index (κ3) is 4.90. The van der Waals surface area contributed by atoms with Gasteiger partial charge in [-0.15, -0.1) is 0 Å². The molecular formula is C21H30O13. The van der Waals surface area contributed by atoms with Crippen LogP contribution in [0.3, 0.4) is 0 Å². The van der Waals surface area contributed by atoms with E-state index < -0.39 is 91.5 Å². The molecule has 3 aliphatic rings. The Kier molecular flexibility index (Phi) is 8.16. The molecule has 1 aliphatic carbocycles. The van der Waals surface area contributed by atoms with Crippen LogP contribution in [0.2, 0.25) is 0 Å². The lowest BCUT2D eigenvalue weighted by Gasteiger charge is -2.43. The maximum Gasteiger partial charge on any atom is 0.337 e. The molecular weight excluding hydrogens is 460 g/mol. The Morgan fingerprint density at radius 1 is 0.971 bits per heavy atom. The zero-order valence-electron chi connectivity index (χ0n) is 19.1. The second-order valence-electron chi connectivity index (χ2n) is 8.51. The average Bonchev–Trinajstić information content (AvgIpc) is 3.04. The second-order valence-corrected chi connectivity index (χ2v) is 8.51. The largest absolute Gasteiger partial charge is 0.472 e. The Morgan fingerprint density at radius 3 is 2.15 bits per heavy atom. The molecule has 2 aliphatic heterocycles. The normalized spacial score (nSPS) is 41.5. The standard InChI is InChI=1S/C21H30O13/c1-7-12-13(18(32-9(3)24)17(7)31-8(2)23)10(19(28)29-4)6-30-20(12)34-21-16(27)15(26)14(25)11(5-22)33-21/h6-7,11-18,20-22,25-27H,5H2,1-4H3/t7-,11+,12+,13+,14+,15-,16+,17+,18-,20-,21-/m0/s1. The van der Waals surface area contributed by atoms with Gasteiger partial charge in [-0.05, 0) is 0 Å². The van der Waals surface area contributed by atoms with Gasteiger partial charge in [0.2, 0.25) is 6.29 Å². The third-order valence-corrected chi connectivity index (χ3v) is 6.36. The molecule has 192 valence electrons. The van der Waals surface area contributed by atoms with E-state index in [1.807, 2.05) is 0 Å². The van der Waals surface area contributed by atoms with Gasteiger partial charge in [-0.1, -0.05) is 6.92 Å². The van der Waals surface area contributed by atoms with E-state index in [-0.39, 0.29) is 5.57 Å². The predicted octanol–water partition coefficient (Wildman–Crippen LogP) is -2.04. The summed E-state index contributed by atoms with van der Waals surface area (Å²) in [5.41, 5.74) is 0.0221. The first-order chi connectivity index (χ1) is 16.0. The molecule has 0 bridgehead atoms. The van der Waals surface area contributed by atoms with Gasteiger partial charge < -0.3 is 48.8 Å². The molecule has 13 heteroatoms. The van der Waals surface area contributed by atoms with Crippen molar-refractivity contribution in [3.8, 4) is 0 Å². The summed E-state index contributed by atoms with van der Waals surface area (Å²) in [5.74, 6) is -4.28. The van der Waals surface area contributed by atoms with E-state index in [1.165, 1.54) is 13.8 Å². The number of rotatable bonds is 6. The van der Waals surface area contributed by atoms with Crippen molar-refractivity contribution in [1.82, 2.24) is 0 Å². The van der Waals surface area contributed by atoms with E-state index in [0.717, 1.165) is 13.4 Å². The SMILES string of the molecule is COC(=O)C1=CO[C@@H](O[C@@H]2O[C@H](CO)[C@@H](O)[C@H](O)[C@H]2O)[C@@H]2[C@H](C)[C@@H](OC(C)=O)[C@@H](OC(C)=O)[C@H]12. The Bertz CT molecular complexity index is 810. The van der Waals surface area contributed by atoms with E-state index in [4.69, 9.17) is 28.4 Å². The van der Waals surface area contributed by atoms with Crippen LogP contribution in [0.5, 0.6) is 0 Å². The van der Waals surface area contributed by atoms with Gasteiger partial charge in [-0.3, -0.25) is 9.59 Å². The highest BCUT2D eigenvalue weighted by molar-refractivity contribution is 5.89. The number of fused-ring (bicyclic) bond motifs is 1. The fraction of sp³-hybridized carbons (Fsp3) is 0.762. The lowest BCUT2D eigenvalue weighted by molar-refractivity contribution is -0.343. The summed E-state index contributed by atoms with van der Waals surface area (Å²) in [7, 11) is 1.16. The summed E-state index contributed by atoms with van der Waals surface area (Å²) in [6.45, 7) is 3.39. The first-order valence-electron chi connectivity index (χ1n) is 10.8. The van der Waals surface area contributed by atoms with Crippen LogP contribution in [0.4, 0.5) is 0 Å². The Hall–Kier alpha value is -2.29. The maximum absolute atomic E-state index is 12.5. The first-order valence-corrected chi connectivity index (χ1v) is 10.8. The molecule has 1 saturated carbocycles. The van der Waals surface area contributed by atoms with Crippen molar-refractivity contribution in [3.63, 3.8) is 0 Å². The molecule has 11 atom stereocenters. The number of hydrogen-bond donors (Lipinski definition) is 4. The van der Waals surface area contributed by atoms with E-state index in [1.54, 1.807) is 6.92 Å². The second kappa shape index (κ2) is 10.5. The molecule has 0 unspecified atom stereocenters. The quantitative estimate of drug-likeness (QED) is 0.236. The van der Waals surface area contributed by atoms with Crippen molar-refractivity contribution in [1.29, 1.82) is 0 Å². The monoisotopic (exact) mass is 490 g/mol. The predicted molar refractivity (Wildman–Crippen MR) is 107 cm³/mol. The fourth-order valence-electron chi connectivity index (χ4n) is 4.81.